The second kappa shape index (κ2) is 6.70. The number of aliphatic hydroxyl groups excluding tert-OH is 1. The van der Waals surface area contributed by atoms with Gasteiger partial charge in [-0.2, -0.15) is 0 Å². The highest BCUT2D eigenvalue weighted by molar-refractivity contribution is 9.10. The number of pyridine rings is 1. The first-order valence-corrected chi connectivity index (χ1v) is 8.82. The molecule has 0 radical (unpaired) electrons. The third-order valence-electron chi connectivity index (χ3n) is 4.35. The van der Waals surface area contributed by atoms with Crippen molar-refractivity contribution in [2.24, 2.45) is 11.7 Å². The van der Waals surface area contributed by atoms with Gasteiger partial charge in [-0.05, 0) is 22.4 Å². The topological polar surface area (TPSA) is 107 Å². The van der Waals surface area contributed by atoms with Gasteiger partial charge in [-0.25, -0.2) is 4.98 Å². The second-order valence-electron chi connectivity index (χ2n) is 6.49. The Morgan fingerprint density at radius 1 is 1.58 bits per heavy atom. The van der Waals surface area contributed by atoms with E-state index in [4.69, 9.17) is 5.73 Å². The number of hydrogen-bond donors (Lipinski definition) is 4. The van der Waals surface area contributed by atoms with E-state index in [1.807, 2.05) is 13.8 Å². The number of nitrogens with one attached hydrogen (secondary N) is 2. The van der Waals surface area contributed by atoms with Crippen molar-refractivity contribution in [1.82, 2.24) is 9.97 Å². The Hall–Kier alpha value is -1.64. The number of piperidine rings is 1. The summed E-state index contributed by atoms with van der Waals surface area (Å²) >= 11 is 3.57. The fourth-order valence-electron chi connectivity index (χ4n) is 2.91. The van der Waals surface area contributed by atoms with E-state index in [1.165, 1.54) is 0 Å². The number of amides is 1. The van der Waals surface area contributed by atoms with Crippen LogP contribution in [0.2, 0.25) is 0 Å². The van der Waals surface area contributed by atoms with Crippen LogP contribution < -0.4 is 16.0 Å². The fraction of sp³-hybridized carbons (Fsp3) is 0.500. The number of aliphatic hydroxyl groups is 1. The highest BCUT2D eigenvalue weighted by Crippen LogP contribution is 2.38. The monoisotopic (exact) mass is 395 g/mol. The average Bonchev–Trinajstić information content (AvgIpc) is 2.93. The van der Waals surface area contributed by atoms with Gasteiger partial charge in [0.15, 0.2) is 0 Å². The zero-order valence-corrected chi connectivity index (χ0v) is 15.3. The molecule has 1 saturated heterocycles. The Morgan fingerprint density at radius 2 is 2.33 bits per heavy atom. The fourth-order valence-corrected chi connectivity index (χ4v) is 3.46. The van der Waals surface area contributed by atoms with Gasteiger partial charge in [0, 0.05) is 37.4 Å². The Bertz CT molecular complexity index is 760. The van der Waals surface area contributed by atoms with Crippen LogP contribution in [0.15, 0.2) is 16.9 Å². The van der Waals surface area contributed by atoms with Crippen LogP contribution in [0.5, 0.6) is 0 Å². The third kappa shape index (κ3) is 3.13. The molecule has 0 aromatic carbocycles. The number of halogens is 1. The maximum absolute atomic E-state index is 12.1. The molecule has 0 aliphatic carbocycles. The first kappa shape index (κ1) is 17.2. The van der Waals surface area contributed by atoms with Crippen LogP contribution >= 0.6 is 15.9 Å². The standard InChI is InChI=1S/C16H22BrN5O2/c1-8(2)16(24)21-11-6-20-15-13(11)14(9(17)5-19-15)22-4-3-12(23)10(18)7-22/h5-6,8,10,12,23H,3-4,7,18H2,1-2H3,(H,19,20)(H,21,24)/t10?,12-/m0/s1. The maximum atomic E-state index is 12.1. The molecule has 2 aromatic rings. The molecule has 24 heavy (non-hydrogen) atoms. The highest BCUT2D eigenvalue weighted by Gasteiger charge is 2.28. The molecule has 7 nitrogen and oxygen atoms in total. The predicted octanol–water partition coefficient (Wildman–Crippen LogP) is 1.82. The van der Waals surface area contributed by atoms with Crippen molar-refractivity contribution < 1.29 is 9.90 Å². The molecule has 1 amide bonds. The van der Waals surface area contributed by atoms with Gasteiger partial charge >= 0.3 is 0 Å². The zero-order chi connectivity index (χ0) is 17.4. The molecule has 130 valence electrons. The van der Waals surface area contributed by atoms with Gasteiger partial charge in [0.2, 0.25) is 5.91 Å². The lowest BCUT2D eigenvalue weighted by Gasteiger charge is -2.36. The van der Waals surface area contributed by atoms with Crippen molar-refractivity contribution in [3.63, 3.8) is 0 Å². The van der Waals surface area contributed by atoms with E-state index in [1.54, 1.807) is 12.4 Å². The number of H-pyrrole nitrogens is 1. The molecule has 0 saturated carbocycles. The maximum Gasteiger partial charge on any atom is 0.226 e. The molecule has 1 fully saturated rings. The molecule has 3 heterocycles. The molecule has 0 bridgehead atoms. The number of aromatic nitrogens is 2. The average molecular weight is 396 g/mol. The van der Waals surface area contributed by atoms with Gasteiger partial charge < -0.3 is 26.0 Å². The van der Waals surface area contributed by atoms with E-state index in [9.17, 15) is 9.90 Å². The van der Waals surface area contributed by atoms with E-state index in [0.29, 0.717) is 30.8 Å². The molecule has 0 spiro atoms. The smallest absolute Gasteiger partial charge is 0.226 e. The lowest BCUT2D eigenvalue weighted by atomic mass is 10.0. The summed E-state index contributed by atoms with van der Waals surface area (Å²) < 4.78 is 0.832. The molecule has 2 aromatic heterocycles. The van der Waals surface area contributed by atoms with Crippen LogP contribution in [0, 0.1) is 5.92 Å². The second-order valence-corrected chi connectivity index (χ2v) is 7.34. The number of nitrogens with two attached hydrogens (primary N) is 1. The minimum atomic E-state index is -0.483. The zero-order valence-electron chi connectivity index (χ0n) is 13.7. The van der Waals surface area contributed by atoms with Crippen LogP contribution in [0.4, 0.5) is 11.4 Å². The minimum Gasteiger partial charge on any atom is -0.391 e. The summed E-state index contributed by atoms with van der Waals surface area (Å²) in [5, 5.41) is 13.7. The molecular formula is C16H22BrN5O2. The summed E-state index contributed by atoms with van der Waals surface area (Å²) in [5.74, 6) is -0.162. The van der Waals surface area contributed by atoms with Gasteiger partial charge in [-0.3, -0.25) is 4.79 Å². The molecule has 1 unspecified atom stereocenters. The largest absolute Gasteiger partial charge is 0.391 e. The molecular weight excluding hydrogens is 374 g/mol. The van der Waals surface area contributed by atoms with E-state index in [2.05, 4.69) is 36.1 Å². The van der Waals surface area contributed by atoms with E-state index in [0.717, 1.165) is 15.5 Å². The number of anilines is 2. The quantitative estimate of drug-likeness (QED) is 0.633. The van der Waals surface area contributed by atoms with Crippen molar-refractivity contribution in [2.75, 3.05) is 23.3 Å². The van der Waals surface area contributed by atoms with E-state index < -0.39 is 6.10 Å². The summed E-state index contributed by atoms with van der Waals surface area (Å²) in [5.41, 5.74) is 8.37. The predicted molar refractivity (Wildman–Crippen MR) is 98.1 cm³/mol. The lowest BCUT2D eigenvalue weighted by molar-refractivity contribution is -0.118. The number of fused-ring (bicyclic) bond motifs is 1. The van der Waals surface area contributed by atoms with Crippen LogP contribution in [-0.2, 0) is 4.79 Å². The van der Waals surface area contributed by atoms with E-state index in [-0.39, 0.29) is 17.9 Å². The molecule has 2 atom stereocenters. The third-order valence-corrected chi connectivity index (χ3v) is 4.93. The number of carbonyl (C=O) groups excluding carboxylic acids is 1. The Kier molecular flexibility index (Phi) is 4.80. The summed E-state index contributed by atoms with van der Waals surface area (Å²) in [4.78, 5) is 21.7. The van der Waals surface area contributed by atoms with Gasteiger partial charge in [0.25, 0.3) is 0 Å². The van der Waals surface area contributed by atoms with Crippen molar-refractivity contribution >= 4 is 44.2 Å². The first-order chi connectivity index (χ1) is 11.4. The Balaban J connectivity index is 2.04. The summed E-state index contributed by atoms with van der Waals surface area (Å²) in [6.45, 7) is 4.94. The van der Waals surface area contributed by atoms with E-state index >= 15 is 0 Å². The van der Waals surface area contributed by atoms with Crippen molar-refractivity contribution in [1.29, 1.82) is 0 Å². The van der Waals surface area contributed by atoms with Crippen LogP contribution in [0.3, 0.4) is 0 Å². The summed E-state index contributed by atoms with van der Waals surface area (Å²) in [7, 11) is 0. The number of nitrogens with zero attached hydrogens (tertiary/aromatic N) is 2. The number of carbonyl (C=O) groups is 1. The van der Waals surface area contributed by atoms with Crippen molar-refractivity contribution in [3.8, 4) is 0 Å². The van der Waals surface area contributed by atoms with Gasteiger partial charge in [-0.15, -0.1) is 0 Å². The van der Waals surface area contributed by atoms with Crippen LogP contribution in [-0.4, -0.2) is 46.2 Å². The number of aromatic amines is 1. The van der Waals surface area contributed by atoms with Gasteiger partial charge in [0.1, 0.15) is 5.65 Å². The highest BCUT2D eigenvalue weighted by atomic mass is 79.9. The minimum absolute atomic E-state index is 0.0485. The molecule has 8 heteroatoms. The molecule has 5 N–H and O–H groups in total. The van der Waals surface area contributed by atoms with Gasteiger partial charge in [-0.1, -0.05) is 13.8 Å². The Labute approximate surface area is 148 Å². The van der Waals surface area contributed by atoms with Crippen molar-refractivity contribution in [3.05, 3.63) is 16.9 Å². The first-order valence-electron chi connectivity index (χ1n) is 8.03. The normalized spacial score (nSPS) is 21.5. The number of rotatable bonds is 3. The molecule has 1 aliphatic heterocycles. The Morgan fingerprint density at radius 3 is 3.00 bits per heavy atom. The summed E-state index contributed by atoms with van der Waals surface area (Å²) in [6.07, 6.45) is 3.62. The summed E-state index contributed by atoms with van der Waals surface area (Å²) in [6, 6.07) is -0.304. The van der Waals surface area contributed by atoms with Gasteiger partial charge in [0.05, 0.1) is 27.3 Å². The number of hydrogen-bond acceptors (Lipinski definition) is 5. The molecule has 1 aliphatic rings. The SMILES string of the molecule is CC(C)C(=O)Nc1c[nH]c2ncc(Br)c(N3CC[C@H](O)C(N)C3)c12. The van der Waals surface area contributed by atoms with Crippen LogP contribution in [0.1, 0.15) is 20.3 Å². The molecule has 3 rings (SSSR count). The lowest BCUT2D eigenvalue weighted by Crippen LogP contribution is -2.51. The van der Waals surface area contributed by atoms with Crippen LogP contribution in [0.25, 0.3) is 11.0 Å². The van der Waals surface area contributed by atoms with Crippen molar-refractivity contribution in [2.45, 2.75) is 32.4 Å².